The first kappa shape index (κ1) is 63.0. The van der Waals surface area contributed by atoms with Crippen molar-refractivity contribution in [2.75, 3.05) is 67.7 Å². The summed E-state index contributed by atoms with van der Waals surface area (Å²) in [6.45, 7) is 26.5. The van der Waals surface area contributed by atoms with Crippen molar-refractivity contribution in [2.45, 2.75) is 176 Å². The fourth-order valence-corrected chi connectivity index (χ4v) is 8.66. The zero-order chi connectivity index (χ0) is 52.1. The van der Waals surface area contributed by atoms with E-state index in [1.807, 2.05) is 34.6 Å². The van der Waals surface area contributed by atoms with Crippen LogP contribution in [0.15, 0.2) is 0 Å². The van der Waals surface area contributed by atoms with Crippen LogP contribution in [0.5, 0.6) is 0 Å². The van der Waals surface area contributed by atoms with E-state index in [2.05, 4.69) is 40.0 Å². The van der Waals surface area contributed by atoms with Crippen molar-refractivity contribution in [1.82, 2.24) is 45.8 Å². The number of nitrogens with one attached hydrogen (secondary N) is 4. The van der Waals surface area contributed by atoms with Crippen LogP contribution in [0.4, 0.5) is 0 Å². The Bertz CT molecular complexity index is 1610. The van der Waals surface area contributed by atoms with Gasteiger partial charge in [0.25, 0.3) is 5.91 Å². The third-order valence-corrected chi connectivity index (χ3v) is 13.5. The van der Waals surface area contributed by atoms with E-state index in [4.69, 9.17) is 4.74 Å². The van der Waals surface area contributed by atoms with E-state index in [0.29, 0.717) is 18.6 Å². The lowest BCUT2D eigenvalue weighted by Gasteiger charge is -2.38. The number of hydrogen-bond acceptors (Lipinski definition) is 11. The van der Waals surface area contributed by atoms with E-state index in [-0.39, 0.29) is 42.9 Å². The fourth-order valence-electron chi connectivity index (χ4n) is 7.49. The third-order valence-electron chi connectivity index (χ3n) is 12.1. The molecule has 7 atom stereocenters. The Balaban J connectivity index is 6.59. The highest BCUT2D eigenvalue weighted by atomic mass is 32.2. The van der Waals surface area contributed by atoms with Crippen LogP contribution in [0.1, 0.15) is 129 Å². The second kappa shape index (κ2) is 30.5. The average Bonchev–Trinajstić information content (AvgIpc) is 3.27. The van der Waals surface area contributed by atoms with Crippen molar-refractivity contribution in [2.24, 2.45) is 17.8 Å². The standard InChI is InChI=1S/C48H91N9O9S/c1-20-24-38(58)56(18)47(67-26-23-25-57(21-2)22-3)46(65)55(17)37(29-48(12,13)66-19)43(62)52-39(32(8)9)45(64)54(16)36(28-31(6)7)42(61)50-33(10)40(59)51-34(11)44(63)53(15)35(27-30(4)5)41(60)49-14/h30-37,39,47H,20-29H2,1-19H3,(H,49,60)(H,50,61)(H,51,59)(H,52,62)/t33-,34+,35-,36-,37-,39-,47+/m0/s1. The van der Waals surface area contributed by atoms with Crippen molar-refractivity contribution in [3.05, 3.63) is 0 Å². The van der Waals surface area contributed by atoms with Gasteiger partial charge in [-0.3, -0.25) is 38.4 Å². The molecule has 0 heterocycles. The normalized spacial score (nSPS) is 14.9. The molecule has 8 amide bonds. The van der Waals surface area contributed by atoms with E-state index in [1.165, 1.54) is 80.5 Å². The van der Waals surface area contributed by atoms with E-state index in [0.717, 1.165) is 26.1 Å². The molecule has 0 radical (unpaired) electrons. The van der Waals surface area contributed by atoms with Crippen LogP contribution in [-0.2, 0) is 43.1 Å². The lowest BCUT2D eigenvalue weighted by atomic mass is 9.95. The molecular weight excluding hydrogens is 879 g/mol. The minimum absolute atomic E-state index is 0.0593. The molecule has 0 aromatic rings. The van der Waals surface area contributed by atoms with Gasteiger partial charge < -0.3 is 50.5 Å². The Kier molecular flexibility index (Phi) is 28.7. The van der Waals surface area contributed by atoms with Crippen molar-refractivity contribution >= 4 is 59.0 Å². The first-order valence-electron chi connectivity index (χ1n) is 24.1. The Labute approximate surface area is 407 Å². The minimum Gasteiger partial charge on any atom is -0.379 e. The number of hydrogen-bond donors (Lipinski definition) is 4. The Morgan fingerprint density at radius 1 is 0.612 bits per heavy atom. The summed E-state index contributed by atoms with van der Waals surface area (Å²) >= 11 is 1.36. The van der Waals surface area contributed by atoms with Crippen LogP contribution >= 0.6 is 11.8 Å². The number of likely N-dealkylation sites (N-methyl/N-ethyl adjacent to an activating group) is 5. The van der Waals surface area contributed by atoms with Crippen LogP contribution in [0, 0.1) is 17.8 Å². The van der Waals surface area contributed by atoms with Gasteiger partial charge >= 0.3 is 0 Å². The van der Waals surface area contributed by atoms with Crippen molar-refractivity contribution in [1.29, 1.82) is 0 Å². The number of carbonyl (C=O) groups excluding carboxylic acids is 8. The Morgan fingerprint density at radius 2 is 1.09 bits per heavy atom. The number of ether oxygens (including phenoxy) is 1. The first-order chi connectivity index (χ1) is 31.1. The van der Waals surface area contributed by atoms with Crippen molar-refractivity contribution in [3.8, 4) is 0 Å². The number of thioether (sulfide) groups is 1. The quantitative estimate of drug-likeness (QED) is 0.0585. The van der Waals surface area contributed by atoms with Gasteiger partial charge in [-0.05, 0) is 96.5 Å². The van der Waals surface area contributed by atoms with E-state index in [9.17, 15) is 38.4 Å². The van der Waals surface area contributed by atoms with Crippen LogP contribution in [0.2, 0.25) is 0 Å². The van der Waals surface area contributed by atoms with Crippen molar-refractivity contribution in [3.63, 3.8) is 0 Å². The second-order valence-corrected chi connectivity index (χ2v) is 20.7. The predicted molar refractivity (Wildman–Crippen MR) is 267 cm³/mol. The van der Waals surface area contributed by atoms with Crippen LogP contribution in [-0.4, -0.2) is 187 Å². The van der Waals surface area contributed by atoms with Gasteiger partial charge in [-0.25, -0.2) is 0 Å². The molecule has 0 unspecified atom stereocenters. The number of amides is 8. The van der Waals surface area contributed by atoms with Gasteiger partial charge in [-0.1, -0.05) is 62.3 Å². The largest absolute Gasteiger partial charge is 0.379 e. The average molecular weight is 970 g/mol. The number of methoxy groups -OCH3 is 1. The van der Waals surface area contributed by atoms with Gasteiger partial charge in [0.2, 0.25) is 41.4 Å². The molecule has 0 bridgehead atoms. The van der Waals surface area contributed by atoms with E-state index >= 15 is 0 Å². The van der Waals surface area contributed by atoms with Crippen LogP contribution in [0.25, 0.3) is 0 Å². The monoisotopic (exact) mass is 970 g/mol. The highest BCUT2D eigenvalue weighted by Gasteiger charge is 2.41. The molecule has 0 saturated carbocycles. The molecule has 4 N–H and O–H groups in total. The molecule has 67 heavy (non-hydrogen) atoms. The maximum atomic E-state index is 14.6. The predicted octanol–water partition coefficient (Wildman–Crippen LogP) is 3.32. The van der Waals surface area contributed by atoms with E-state index in [1.54, 1.807) is 34.7 Å². The summed E-state index contributed by atoms with van der Waals surface area (Å²) < 4.78 is 5.73. The smallest absolute Gasteiger partial charge is 0.256 e. The van der Waals surface area contributed by atoms with Crippen LogP contribution < -0.4 is 21.3 Å². The van der Waals surface area contributed by atoms with Gasteiger partial charge in [0.05, 0.1) is 5.60 Å². The third kappa shape index (κ3) is 20.7. The maximum absolute atomic E-state index is 14.6. The topological polar surface area (TPSA) is 210 Å². The van der Waals surface area contributed by atoms with Gasteiger partial charge in [0.15, 0.2) is 5.37 Å². The minimum atomic E-state index is -1.13. The molecule has 0 aromatic carbocycles. The molecule has 0 fully saturated rings. The van der Waals surface area contributed by atoms with Crippen LogP contribution in [0.3, 0.4) is 0 Å². The highest BCUT2D eigenvalue weighted by Crippen LogP contribution is 2.25. The molecule has 0 aliphatic carbocycles. The van der Waals surface area contributed by atoms with E-state index < -0.39 is 88.6 Å². The summed E-state index contributed by atoms with van der Waals surface area (Å²) in [4.78, 5) is 118. The lowest BCUT2D eigenvalue weighted by Crippen LogP contribution is -2.61. The molecule has 18 nitrogen and oxygen atoms in total. The van der Waals surface area contributed by atoms with Gasteiger partial charge in [-0.15, -0.1) is 11.8 Å². The summed E-state index contributed by atoms with van der Waals surface area (Å²) in [6, 6.07) is -6.19. The summed E-state index contributed by atoms with van der Waals surface area (Å²) in [5.41, 5.74) is -0.882. The zero-order valence-electron chi connectivity index (χ0n) is 44.7. The maximum Gasteiger partial charge on any atom is 0.256 e. The summed E-state index contributed by atoms with van der Waals surface area (Å²) in [6.07, 6.45) is 2.36. The first-order valence-corrected chi connectivity index (χ1v) is 25.2. The number of rotatable bonds is 31. The van der Waals surface area contributed by atoms with Gasteiger partial charge in [0.1, 0.15) is 36.3 Å². The summed E-state index contributed by atoms with van der Waals surface area (Å²) in [5.74, 6) is -3.65. The van der Waals surface area contributed by atoms with Crippen molar-refractivity contribution < 1.29 is 43.1 Å². The Hall–Kier alpha value is -3.97. The fraction of sp³-hybridized carbons (Fsp3) is 0.833. The molecular formula is C48H91N9O9S. The summed E-state index contributed by atoms with van der Waals surface area (Å²) in [5, 5.41) is 9.96. The molecule has 19 heteroatoms. The zero-order valence-corrected chi connectivity index (χ0v) is 45.5. The molecule has 388 valence electrons. The Morgan fingerprint density at radius 3 is 1.55 bits per heavy atom. The molecule has 0 spiro atoms. The molecule has 0 aromatic heterocycles. The molecule has 0 saturated heterocycles. The SMILES string of the molecule is CCCC(=O)N(C)[C@H](SCCCN(CC)CC)C(=O)N(C)[C@@H](CC(C)(C)OC)C(=O)N[C@H](C(=O)N(C)[C@@H](CC(C)C)C(=O)N[C@@H](C)C(=O)N[C@H](C)C(=O)N(C)[C@@H](CC(C)C)C(=O)NC)C(C)C. The highest BCUT2D eigenvalue weighted by molar-refractivity contribution is 8.00. The molecule has 0 rings (SSSR count). The summed E-state index contributed by atoms with van der Waals surface area (Å²) in [7, 11) is 9.14. The lowest BCUT2D eigenvalue weighted by molar-refractivity contribution is -0.148. The van der Waals surface area contributed by atoms with Gasteiger partial charge in [-0.2, -0.15) is 0 Å². The molecule has 0 aliphatic heterocycles. The number of nitrogens with zero attached hydrogens (tertiary/aromatic N) is 5. The second-order valence-electron chi connectivity index (χ2n) is 19.5. The van der Waals surface area contributed by atoms with Gasteiger partial charge in [0, 0.05) is 55.2 Å². The number of carbonyl (C=O) groups is 8. The molecule has 0 aliphatic rings.